The Labute approximate surface area is 167 Å². The Kier molecular flexibility index (Phi) is 5.13. The minimum atomic E-state index is -0.00184. The summed E-state index contributed by atoms with van der Waals surface area (Å²) in [5.41, 5.74) is 1.88. The van der Waals surface area contributed by atoms with E-state index in [0.717, 1.165) is 28.1 Å². The molecular weight excluding hydrogens is 374 g/mol. The number of aliphatic hydroxyl groups is 1. The van der Waals surface area contributed by atoms with E-state index in [9.17, 15) is 10.4 Å². The predicted octanol–water partition coefficient (Wildman–Crippen LogP) is 4.32. The van der Waals surface area contributed by atoms with E-state index in [2.05, 4.69) is 11.1 Å². The lowest BCUT2D eigenvalue weighted by molar-refractivity contribution is 0.297. The summed E-state index contributed by atoms with van der Waals surface area (Å²) in [6, 6.07) is 15.4. The highest BCUT2D eigenvalue weighted by molar-refractivity contribution is 7.99. The van der Waals surface area contributed by atoms with Gasteiger partial charge in [0, 0.05) is 18.4 Å². The standard InChI is InChI=1S/C21H19N3O3S/c1-24-17-6-3-2-5-16(17)23-21(24)15(12-22)18(25)13-28-14-7-8-19-20(11-14)27-10-4-9-26-19/h2-3,5-8,11,25H,4,9-10,13H2,1H3/b18-15-. The first-order valence-electron chi connectivity index (χ1n) is 8.94. The fourth-order valence-electron chi connectivity index (χ4n) is 3.07. The molecule has 1 aliphatic heterocycles. The van der Waals surface area contributed by atoms with Crippen molar-refractivity contribution < 1.29 is 14.6 Å². The Balaban J connectivity index is 1.58. The highest BCUT2D eigenvalue weighted by Crippen LogP contribution is 2.34. The van der Waals surface area contributed by atoms with Crippen LogP contribution in [0.3, 0.4) is 0 Å². The number of nitrogens with zero attached hydrogens (tertiary/aromatic N) is 3. The zero-order valence-corrected chi connectivity index (χ0v) is 16.2. The zero-order chi connectivity index (χ0) is 19.5. The fraction of sp³-hybridized carbons (Fsp3) is 0.238. The average molecular weight is 393 g/mol. The van der Waals surface area contributed by atoms with Gasteiger partial charge in [-0.3, -0.25) is 0 Å². The van der Waals surface area contributed by atoms with Crippen LogP contribution in [0, 0.1) is 11.3 Å². The van der Waals surface area contributed by atoms with Crippen LogP contribution in [0.25, 0.3) is 16.6 Å². The minimum Gasteiger partial charge on any atom is -0.510 e. The van der Waals surface area contributed by atoms with E-state index in [0.29, 0.717) is 24.8 Å². The maximum atomic E-state index is 10.6. The Hall–Kier alpha value is -3.11. The fourth-order valence-corrected chi connectivity index (χ4v) is 3.87. The number of aryl methyl sites for hydroxylation is 1. The van der Waals surface area contributed by atoms with Crippen molar-refractivity contribution in [2.75, 3.05) is 19.0 Å². The van der Waals surface area contributed by atoms with Gasteiger partial charge in [0.2, 0.25) is 0 Å². The highest BCUT2D eigenvalue weighted by atomic mass is 32.2. The van der Waals surface area contributed by atoms with E-state index >= 15 is 0 Å². The molecule has 28 heavy (non-hydrogen) atoms. The predicted molar refractivity (Wildman–Crippen MR) is 109 cm³/mol. The molecule has 1 aromatic heterocycles. The molecule has 2 heterocycles. The summed E-state index contributed by atoms with van der Waals surface area (Å²) in [4.78, 5) is 5.43. The molecule has 0 saturated heterocycles. The topological polar surface area (TPSA) is 80.3 Å². The summed E-state index contributed by atoms with van der Waals surface area (Å²) in [6.07, 6.45) is 0.851. The quantitative estimate of drug-likeness (QED) is 0.404. The molecule has 0 aliphatic carbocycles. The van der Waals surface area contributed by atoms with Gasteiger partial charge in [-0.05, 0) is 30.3 Å². The van der Waals surface area contributed by atoms with Crippen LogP contribution in [0.1, 0.15) is 12.2 Å². The molecule has 1 aliphatic rings. The number of hydrogen-bond acceptors (Lipinski definition) is 6. The smallest absolute Gasteiger partial charge is 0.162 e. The number of ether oxygens (including phenoxy) is 2. The van der Waals surface area contributed by atoms with Crippen molar-refractivity contribution in [1.29, 1.82) is 5.26 Å². The molecule has 0 bridgehead atoms. The summed E-state index contributed by atoms with van der Waals surface area (Å²) in [5.74, 6) is 2.16. The Bertz CT molecular complexity index is 1100. The summed E-state index contributed by atoms with van der Waals surface area (Å²) in [5, 5.41) is 20.2. The SMILES string of the molecule is Cn1c(/C(C#N)=C(\O)CSc2ccc3c(c2)OCCCO3)nc2ccccc21. The van der Waals surface area contributed by atoms with E-state index in [-0.39, 0.29) is 17.1 Å². The van der Waals surface area contributed by atoms with Crippen molar-refractivity contribution in [3.05, 3.63) is 54.0 Å². The normalized spacial score (nSPS) is 14.3. The maximum absolute atomic E-state index is 10.6. The van der Waals surface area contributed by atoms with Gasteiger partial charge < -0.3 is 19.1 Å². The van der Waals surface area contributed by atoms with Gasteiger partial charge in [0.15, 0.2) is 17.3 Å². The third-order valence-corrected chi connectivity index (χ3v) is 5.51. The Morgan fingerprint density at radius 2 is 2.00 bits per heavy atom. The molecule has 0 atom stereocenters. The second-order valence-electron chi connectivity index (χ2n) is 6.36. The molecule has 6 nitrogen and oxygen atoms in total. The van der Waals surface area contributed by atoms with Gasteiger partial charge in [0.25, 0.3) is 0 Å². The monoisotopic (exact) mass is 393 g/mol. The van der Waals surface area contributed by atoms with Crippen molar-refractivity contribution >= 4 is 28.4 Å². The zero-order valence-electron chi connectivity index (χ0n) is 15.4. The molecule has 0 radical (unpaired) electrons. The van der Waals surface area contributed by atoms with Gasteiger partial charge in [-0.25, -0.2) is 4.98 Å². The third-order valence-electron chi connectivity index (χ3n) is 4.51. The van der Waals surface area contributed by atoms with Crippen molar-refractivity contribution in [1.82, 2.24) is 9.55 Å². The molecule has 3 aromatic rings. The van der Waals surface area contributed by atoms with Crippen LogP contribution in [0.2, 0.25) is 0 Å². The van der Waals surface area contributed by atoms with E-state index in [4.69, 9.17) is 9.47 Å². The largest absolute Gasteiger partial charge is 0.510 e. The van der Waals surface area contributed by atoms with Crippen molar-refractivity contribution in [3.63, 3.8) is 0 Å². The molecule has 0 unspecified atom stereocenters. The number of nitriles is 1. The second-order valence-corrected chi connectivity index (χ2v) is 7.41. The van der Waals surface area contributed by atoms with E-state index in [1.54, 1.807) is 0 Å². The maximum Gasteiger partial charge on any atom is 0.162 e. The van der Waals surface area contributed by atoms with Gasteiger partial charge in [-0.1, -0.05) is 12.1 Å². The molecular formula is C21H19N3O3S. The van der Waals surface area contributed by atoms with Gasteiger partial charge in [-0.2, -0.15) is 5.26 Å². The average Bonchev–Trinajstić information content (AvgIpc) is 2.89. The van der Waals surface area contributed by atoms with Gasteiger partial charge in [-0.15, -0.1) is 11.8 Å². The number of aromatic nitrogens is 2. The number of fused-ring (bicyclic) bond motifs is 2. The number of benzene rings is 2. The van der Waals surface area contributed by atoms with E-state index in [1.807, 2.05) is 54.1 Å². The number of imidazole rings is 1. The minimum absolute atomic E-state index is 0.00184. The van der Waals surface area contributed by atoms with Gasteiger partial charge in [0.1, 0.15) is 17.4 Å². The third kappa shape index (κ3) is 3.51. The summed E-state index contributed by atoms with van der Waals surface area (Å²) in [7, 11) is 1.84. The number of rotatable bonds is 4. The molecule has 0 saturated carbocycles. The summed E-state index contributed by atoms with van der Waals surface area (Å²) < 4.78 is 13.2. The number of para-hydroxylation sites is 2. The molecule has 0 fully saturated rings. The van der Waals surface area contributed by atoms with Crippen molar-refractivity contribution in [2.45, 2.75) is 11.3 Å². The van der Waals surface area contributed by atoms with E-state index < -0.39 is 0 Å². The second kappa shape index (κ2) is 7.87. The first-order valence-corrected chi connectivity index (χ1v) is 9.92. The summed E-state index contributed by atoms with van der Waals surface area (Å²) in [6.45, 7) is 1.27. The lowest BCUT2D eigenvalue weighted by Gasteiger charge is -2.09. The molecule has 7 heteroatoms. The van der Waals surface area contributed by atoms with Crippen LogP contribution >= 0.6 is 11.8 Å². The van der Waals surface area contributed by atoms with Crippen LogP contribution in [0.15, 0.2) is 53.1 Å². The van der Waals surface area contributed by atoms with Crippen molar-refractivity contribution in [2.24, 2.45) is 7.05 Å². The van der Waals surface area contributed by atoms with E-state index in [1.165, 1.54) is 11.8 Å². The lowest BCUT2D eigenvalue weighted by Crippen LogP contribution is -2.01. The summed E-state index contributed by atoms with van der Waals surface area (Å²) >= 11 is 1.43. The van der Waals surface area contributed by atoms with Crippen molar-refractivity contribution in [3.8, 4) is 17.6 Å². The number of allylic oxidation sites excluding steroid dienone is 1. The van der Waals surface area contributed by atoms with Gasteiger partial charge in [0.05, 0.1) is 30.0 Å². The van der Waals surface area contributed by atoms with Crippen LogP contribution in [-0.2, 0) is 7.05 Å². The van der Waals surface area contributed by atoms with Gasteiger partial charge >= 0.3 is 0 Å². The molecule has 142 valence electrons. The molecule has 0 amide bonds. The molecule has 4 rings (SSSR count). The Morgan fingerprint density at radius 3 is 2.79 bits per heavy atom. The number of aliphatic hydroxyl groups excluding tert-OH is 1. The molecule has 0 spiro atoms. The first kappa shape index (κ1) is 18.3. The first-order chi connectivity index (χ1) is 13.7. The van der Waals surface area contributed by atoms with Crippen LogP contribution in [0.4, 0.5) is 0 Å². The molecule has 2 aromatic carbocycles. The number of hydrogen-bond donors (Lipinski definition) is 1. The molecule has 1 N–H and O–H groups in total. The lowest BCUT2D eigenvalue weighted by atomic mass is 10.2. The Morgan fingerprint density at radius 1 is 1.21 bits per heavy atom. The van der Waals surface area contributed by atoms with Crippen LogP contribution < -0.4 is 9.47 Å². The number of thioether (sulfide) groups is 1. The highest BCUT2D eigenvalue weighted by Gasteiger charge is 2.17. The van der Waals surface area contributed by atoms with Crippen LogP contribution in [0.5, 0.6) is 11.5 Å². The van der Waals surface area contributed by atoms with Crippen LogP contribution in [-0.4, -0.2) is 33.6 Å².